The van der Waals surface area contributed by atoms with Crippen molar-refractivity contribution in [2.45, 2.75) is 30.8 Å². The largest absolute Gasteiger partial charge is 0.372 e. The van der Waals surface area contributed by atoms with E-state index in [1.807, 2.05) is 30.0 Å². The van der Waals surface area contributed by atoms with E-state index in [-0.39, 0.29) is 16.5 Å². The molecule has 0 radical (unpaired) electrons. The summed E-state index contributed by atoms with van der Waals surface area (Å²) in [4.78, 5) is 10.4. The van der Waals surface area contributed by atoms with Crippen LogP contribution in [-0.4, -0.2) is 39.2 Å². The summed E-state index contributed by atoms with van der Waals surface area (Å²) in [5.74, 6) is 6.71. The predicted octanol–water partition coefficient (Wildman–Crippen LogP) is 2.75. The number of nitrogen functional groups attached to an aromatic ring is 1. The van der Waals surface area contributed by atoms with Crippen LogP contribution < -0.4 is 10.6 Å². The highest BCUT2D eigenvalue weighted by Crippen LogP contribution is 2.34. The van der Waals surface area contributed by atoms with Crippen molar-refractivity contribution >= 4 is 27.5 Å². The van der Waals surface area contributed by atoms with Crippen LogP contribution in [0.1, 0.15) is 29.3 Å². The lowest BCUT2D eigenvalue weighted by atomic mass is 10.0. The van der Waals surface area contributed by atoms with Gasteiger partial charge in [0.2, 0.25) is 5.95 Å². The maximum Gasteiger partial charge on any atom is 0.283 e. The van der Waals surface area contributed by atoms with Crippen molar-refractivity contribution in [1.29, 1.82) is 0 Å². The van der Waals surface area contributed by atoms with Crippen molar-refractivity contribution < 1.29 is 13.5 Å². The number of nitrogens with zero attached hydrogens (tertiary/aromatic N) is 5. The van der Waals surface area contributed by atoms with E-state index in [0.29, 0.717) is 11.4 Å². The fraction of sp³-hybridized carbons (Fsp3) is 0.192. The molecule has 9 nitrogen and oxygen atoms in total. The lowest BCUT2D eigenvalue weighted by Crippen LogP contribution is -2.27. The normalized spacial score (nSPS) is 14.6. The molecule has 0 saturated carbocycles. The topological polar surface area (TPSA) is 127 Å². The maximum absolute atomic E-state index is 13.2. The van der Waals surface area contributed by atoms with E-state index >= 15 is 0 Å². The SMILES string of the molecule is Cc1ccc(S(=O)(=O)n2nccc2C(C)(O)C#Cc2ccc3c(c2)N(c2ccnc(N)n2)CC3)cc1. The zero-order valence-corrected chi connectivity index (χ0v) is 20.6. The summed E-state index contributed by atoms with van der Waals surface area (Å²) in [5.41, 5.74) is 7.71. The molecule has 1 atom stereocenters. The molecule has 36 heavy (non-hydrogen) atoms. The van der Waals surface area contributed by atoms with Gasteiger partial charge in [-0.15, -0.1) is 0 Å². The first-order valence-corrected chi connectivity index (χ1v) is 12.7. The molecule has 5 rings (SSSR count). The van der Waals surface area contributed by atoms with E-state index in [1.165, 1.54) is 31.3 Å². The highest BCUT2D eigenvalue weighted by molar-refractivity contribution is 7.89. The van der Waals surface area contributed by atoms with E-state index in [1.54, 1.807) is 24.4 Å². The van der Waals surface area contributed by atoms with Crippen LogP contribution in [0.2, 0.25) is 0 Å². The smallest absolute Gasteiger partial charge is 0.283 e. The van der Waals surface area contributed by atoms with Gasteiger partial charge >= 0.3 is 0 Å². The lowest BCUT2D eigenvalue weighted by Gasteiger charge is -2.19. The molecular formula is C26H24N6O3S. The first-order valence-electron chi connectivity index (χ1n) is 11.3. The standard InChI is InChI=1S/C26H24N6O3S/c1-18-3-7-21(8-4-18)36(34,35)32-23(10-15-29-32)26(2,33)13-9-19-5-6-20-12-16-31(22(20)17-19)24-11-14-28-25(27)30-24/h3-8,10-11,14-15,17,33H,12,16H2,1-2H3,(H2,27,28,30). The Bertz CT molecular complexity index is 1620. The van der Waals surface area contributed by atoms with E-state index < -0.39 is 15.6 Å². The van der Waals surface area contributed by atoms with Gasteiger partial charge in [0.15, 0.2) is 5.60 Å². The Kier molecular flexibility index (Phi) is 5.74. The third-order valence-electron chi connectivity index (χ3n) is 6.02. The number of benzene rings is 2. The number of fused-ring (bicyclic) bond motifs is 1. The zero-order valence-electron chi connectivity index (χ0n) is 19.8. The molecule has 0 saturated heterocycles. The maximum atomic E-state index is 13.2. The highest BCUT2D eigenvalue weighted by atomic mass is 32.2. The Morgan fingerprint density at radius 3 is 2.61 bits per heavy atom. The Balaban J connectivity index is 1.47. The van der Waals surface area contributed by atoms with Crippen LogP contribution in [0.4, 0.5) is 17.5 Å². The van der Waals surface area contributed by atoms with Gasteiger partial charge in [0.05, 0.1) is 11.1 Å². The summed E-state index contributed by atoms with van der Waals surface area (Å²) in [6.07, 6.45) is 3.79. The molecule has 0 amide bonds. The summed E-state index contributed by atoms with van der Waals surface area (Å²) >= 11 is 0. The first kappa shape index (κ1) is 23.5. The highest BCUT2D eigenvalue weighted by Gasteiger charge is 2.31. The summed E-state index contributed by atoms with van der Waals surface area (Å²) in [7, 11) is -4.01. The minimum Gasteiger partial charge on any atom is -0.372 e. The second-order valence-electron chi connectivity index (χ2n) is 8.72. The number of nitrogens with two attached hydrogens (primary N) is 1. The summed E-state index contributed by atoms with van der Waals surface area (Å²) in [6.45, 7) is 4.06. The van der Waals surface area contributed by atoms with Crippen molar-refractivity contribution in [3.63, 3.8) is 0 Å². The van der Waals surface area contributed by atoms with Crippen LogP contribution in [0.3, 0.4) is 0 Å². The van der Waals surface area contributed by atoms with E-state index in [2.05, 4.69) is 26.9 Å². The predicted molar refractivity (Wildman–Crippen MR) is 136 cm³/mol. The van der Waals surface area contributed by atoms with Gasteiger partial charge in [-0.25, -0.2) is 4.98 Å². The second kappa shape index (κ2) is 8.78. The molecule has 4 aromatic rings. The molecule has 1 aliphatic heterocycles. The number of aryl methyl sites for hydroxylation is 1. The molecule has 0 bridgehead atoms. The van der Waals surface area contributed by atoms with Crippen LogP contribution in [0, 0.1) is 18.8 Å². The summed E-state index contributed by atoms with van der Waals surface area (Å²) < 4.78 is 27.2. The van der Waals surface area contributed by atoms with Gasteiger partial charge in [-0.1, -0.05) is 35.6 Å². The molecular weight excluding hydrogens is 476 g/mol. The third-order valence-corrected chi connectivity index (χ3v) is 7.64. The van der Waals surface area contributed by atoms with Crippen molar-refractivity contribution in [2.24, 2.45) is 0 Å². The summed E-state index contributed by atoms with van der Waals surface area (Å²) in [5, 5.41) is 15.2. The van der Waals surface area contributed by atoms with Crippen LogP contribution in [0.5, 0.6) is 0 Å². The van der Waals surface area contributed by atoms with Crippen LogP contribution in [-0.2, 0) is 22.0 Å². The van der Waals surface area contributed by atoms with Gasteiger partial charge in [0.25, 0.3) is 10.0 Å². The van der Waals surface area contributed by atoms with Gasteiger partial charge in [-0.05, 0) is 62.2 Å². The molecule has 2 aromatic carbocycles. The average Bonchev–Trinajstić information content (AvgIpc) is 3.51. The van der Waals surface area contributed by atoms with E-state index in [0.717, 1.165) is 33.9 Å². The minimum atomic E-state index is -4.01. The number of anilines is 3. The third kappa shape index (κ3) is 4.30. The molecule has 0 fully saturated rings. The number of aliphatic hydroxyl groups is 1. The molecule has 3 heterocycles. The van der Waals surface area contributed by atoms with E-state index in [9.17, 15) is 13.5 Å². The quantitative estimate of drug-likeness (QED) is 0.410. The van der Waals surface area contributed by atoms with Gasteiger partial charge < -0.3 is 15.7 Å². The molecule has 0 spiro atoms. The Morgan fingerprint density at radius 1 is 1.08 bits per heavy atom. The van der Waals surface area contributed by atoms with Crippen molar-refractivity contribution in [1.82, 2.24) is 19.2 Å². The van der Waals surface area contributed by atoms with Crippen molar-refractivity contribution in [3.05, 3.63) is 89.4 Å². The fourth-order valence-electron chi connectivity index (χ4n) is 4.11. The lowest BCUT2D eigenvalue weighted by molar-refractivity contribution is 0.115. The van der Waals surface area contributed by atoms with Crippen molar-refractivity contribution in [3.8, 4) is 11.8 Å². The molecule has 182 valence electrons. The summed E-state index contributed by atoms with van der Waals surface area (Å²) in [6, 6.07) is 15.5. The number of hydrogen-bond donors (Lipinski definition) is 2. The molecule has 2 aromatic heterocycles. The van der Waals surface area contributed by atoms with Crippen LogP contribution >= 0.6 is 0 Å². The number of rotatable bonds is 4. The first-order chi connectivity index (χ1) is 17.1. The van der Waals surface area contributed by atoms with Gasteiger partial charge in [-0.2, -0.15) is 22.6 Å². The van der Waals surface area contributed by atoms with E-state index in [4.69, 9.17) is 5.73 Å². The Labute approximate surface area is 209 Å². The van der Waals surface area contributed by atoms with Crippen LogP contribution in [0.25, 0.3) is 0 Å². The Morgan fingerprint density at radius 2 is 1.86 bits per heavy atom. The zero-order chi connectivity index (χ0) is 25.5. The monoisotopic (exact) mass is 500 g/mol. The average molecular weight is 501 g/mol. The van der Waals surface area contributed by atoms with Crippen molar-refractivity contribution in [2.75, 3.05) is 17.2 Å². The number of hydrogen-bond acceptors (Lipinski definition) is 8. The Hall–Kier alpha value is -4.20. The number of aromatic nitrogens is 4. The second-order valence-corrected chi connectivity index (χ2v) is 10.5. The van der Waals surface area contributed by atoms with Crippen LogP contribution in [0.15, 0.2) is 71.9 Å². The molecule has 3 N–H and O–H groups in total. The molecule has 0 aliphatic carbocycles. The minimum absolute atomic E-state index is 0.0508. The van der Waals surface area contributed by atoms with Gasteiger partial charge in [0.1, 0.15) is 11.5 Å². The molecule has 1 unspecified atom stereocenters. The fourth-order valence-corrected chi connectivity index (χ4v) is 5.46. The van der Waals surface area contributed by atoms with Gasteiger partial charge in [0, 0.05) is 24.0 Å². The molecule has 10 heteroatoms. The molecule has 1 aliphatic rings. The van der Waals surface area contributed by atoms with Gasteiger partial charge in [-0.3, -0.25) is 0 Å².